The highest BCUT2D eigenvalue weighted by molar-refractivity contribution is 5.84. The van der Waals surface area contributed by atoms with Gasteiger partial charge in [0.25, 0.3) is 0 Å². The molecule has 0 aromatic carbocycles. The quantitative estimate of drug-likeness (QED) is 0.598. The summed E-state index contributed by atoms with van der Waals surface area (Å²) in [7, 11) is 1.59. The van der Waals surface area contributed by atoms with Gasteiger partial charge in [-0.2, -0.15) is 0 Å². The van der Waals surface area contributed by atoms with Crippen molar-refractivity contribution < 1.29 is 19.1 Å². The molecule has 2 atom stereocenters. The minimum absolute atomic E-state index is 0.0183. The second kappa shape index (κ2) is 5.87. The Hall–Kier alpha value is -2.15. The zero-order valence-electron chi connectivity index (χ0n) is 11.4. The Morgan fingerprint density at radius 2 is 2.10 bits per heavy atom. The minimum atomic E-state index is -0.707. The molecule has 0 amide bonds. The Kier molecular flexibility index (Phi) is 4.19. The van der Waals surface area contributed by atoms with E-state index in [0.717, 1.165) is 6.29 Å². The van der Waals surface area contributed by atoms with E-state index in [1.807, 2.05) is 11.8 Å². The van der Waals surface area contributed by atoms with Gasteiger partial charge in [0.2, 0.25) is 0 Å². The third kappa shape index (κ3) is 2.32. The minimum Gasteiger partial charge on any atom is -0.383 e. The first kappa shape index (κ1) is 14.3. The number of methoxy groups -OCH3 is 1. The molecule has 0 aromatic rings. The summed E-state index contributed by atoms with van der Waals surface area (Å²) in [5, 5.41) is 5.71. The summed E-state index contributed by atoms with van der Waals surface area (Å²) in [6.45, 7) is 2.81. The maximum Gasteiger partial charge on any atom is 0.168 e. The van der Waals surface area contributed by atoms with Crippen LogP contribution in [0.1, 0.15) is 6.92 Å². The van der Waals surface area contributed by atoms with Gasteiger partial charge in [-0.25, -0.2) is 0 Å². The lowest BCUT2D eigenvalue weighted by atomic mass is 10.1. The molecule has 108 valence electrons. The number of hydrogen-bond acceptors (Lipinski definition) is 7. The highest BCUT2D eigenvalue weighted by Gasteiger charge is 2.35. The Labute approximate surface area is 116 Å². The zero-order valence-corrected chi connectivity index (χ0v) is 11.4. The van der Waals surface area contributed by atoms with Gasteiger partial charge >= 0.3 is 0 Å². The van der Waals surface area contributed by atoms with Crippen molar-refractivity contribution in [1.82, 2.24) is 15.5 Å². The topological polar surface area (TPSA) is 87.7 Å². The van der Waals surface area contributed by atoms with E-state index >= 15 is 0 Å². The number of fused-ring (bicyclic) bond motifs is 1. The molecule has 7 heteroatoms. The van der Waals surface area contributed by atoms with Crippen LogP contribution in [0.2, 0.25) is 0 Å². The van der Waals surface area contributed by atoms with Gasteiger partial charge < -0.3 is 20.3 Å². The van der Waals surface area contributed by atoms with Gasteiger partial charge in [0.15, 0.2) is 25.0 Å². The number of nitrogens with zero attached hydrogens (tertiary/aromatic N) is 1. The molecule has 7 nitrogen and oxygen atoms in total. The fourth-order valence-electron chi connectivity index (χ4n) is 2.48. The lowest BCUT2D eigenvalue weighted by Gasteiger charge is -2.26. The van der Waals surface area contributed by atoms with E-state index in [2.05, 4.69) is 10.6 Å². The average molecular weight is 279 g/mol. The Morgan fingerprint density at radius 1 is 1.35 bits per heavy atom. The third-order valence-corrected chi connectivity index (χ3v) is 3.44. The second-order valence-electron chi connectivity index (χ2n) is 4.72. The number of ether oxygens (including phenoxy) is 1. The molecular weight excluding hydrogens is 262 g/mol. The van der Waals surface area contributed by atoms with Gasteiger partial charge in [-0.15, -0.1) is 0 Å². The van der Waals surface area contributed by atoms with E-state index in [1.165, 1.54) is 0 Å². The van der Waals surface area contributed by atoms with Crippen LogP contribution in [0.15, 0.2) is 22.7 Å². The van der Waals surface area contributed by atoms with Crippen molar-refractivity contribution in [3.8, 4) is 0 Å². The number of carbonyl (C=O) groups excluding carboxylic acids is 3. The van der Waals surface area contributed by atoms with Gasteiger partial charge in [0.05, 0.1) is 24.0 Å². The Bertz CT molecular complexity index is 498. The first-order valence-corrected chi connectivity index (χ1v) is 6.28. The van der Waals surface area contributed by atoms with Crippen LogP contribution in [0.4, 0.5) is 0 Å². The smallest absolute Gasteiger partial charge is 0.168 e. The van der Waals surface area contributed by atoms with Crippen molar-refractivity contribution in [2.45, 2.75) is 19.1 Å². The number of aldehydes is 3. The standard InChI is InChI=1S/C13H17N3O4/c1-8(7-20-2)16-3-9-10(4-17)14-12(6-19)15-13(9)11(16)5-18/h4-6,8,12,14-15H,3,7H2,1-2H3. The van der Waals surface area contributed by atoms with Gasteiger partial charge in [-0.1, -0.05) is 0 Å². The normalized spacial score (nSPS) is 22.9. The summed E-state index contributed by atoms with van der Waals surface area (Å²) in [6.07, 6.45) is 1.34. The number of hydrogen-bond donors (Lipinski definition) is 2. The number of rotatable bonds is 6. The van der Waals surface area contributed by atoms with Gasteiger partial charge in [-0.3, -0.25) is 14.4 Å². The van der Waals surface area contributed by atoms with Crippen molar-refractivity contribution in [1.29, 1.82) is 0 Å². The van der Waals surface area contributed by atoms with Crippen molar-refractivity contribution in [3.63, 3.8) is 0 Å². The van der Waals surface area contributed by atoms with Gasteiger partial charge in [0.1, 0.15) is 5.70 Å². The van der Waals surface area contributed by atoms with E-state index in [0.29, 0.717) is 48.4 Å². The molecule has 2 heterocycles. The van der Waals surface area contributed by atoms with Crippen molar-refractivity contribution in [2.75, 3.05) is 20.3 Å². The monoisotopic (exact) mass is 279 g/mol. The summed E-state index contributed by atoms with van der Waals surface area (Å²) in [4.78, 5) is 35.3. The molecule has 0 bridgehead atoms. The molecule has 0 fully saturated rings. The molecule has 2 rings (SSSR count). The van der Waals surface area contributed by atoms with Gasteiger partial charge in [-0.05, 0) is 6.92 Å². The van der Waals surface area contributed by atoms with Crippen molar-refractivity contribution in [3.05, 3.63) is 22.7 Å². The molecule has 2 aliphatic heterocycles. The molecule has 0 saturated heterocycles. The van der Waals surface area contributed by atoms with E-state index in [-0.39, 0.29) is 6.04 Å². The molecule has 0 aromatic heterocycles. The highest BCUT2D eigenvalue weighted by atomic mass is 16.5. The number of carbonyl (C=O) groups is 3. The molecule has 0 saturated carbocycles. The summed E-state index contributed by atoms with van der Waals surface area (Å²) >= 11 is 0. The summed E-state index contributed by atoms with van der Waals surface area (Å²) < 4.78 is 5.10. The van der Waals surface area contributed by atoms with Crippen LogP contribution < -0.4 is 10.6 Å². The highest BCUT2D eigenvalue weighted by Crippen LogP contribution is 2.30. The van der Waals surface area contributed by atoms with Crippen LogP contribution in [0.3, 0.4) is 0 Å². The van der Waals surface area contributed by atoms with E-state index in [4.69, 9.17) is 4.74 Å². The average Bonchev–Trinajstić information content (AvgIpc) is 2.84. The van der Waals surface area contributed by atoms with Gasteiger partial charge in [0, 0.05) is 19.2 Å². The van der Waals surface area contributed by atoms with Crippen LogP contribution in [0.25, 0.3) is 0 Å². The largest absolute Gasteiger partial charge is 0.383 e. The maximum atomic E-state index is 11.4. The Morgan fingerprint density at radius 3 is 2.65 bits per heavy atom. The maximum absolute atomic E-state index is 11.4. The van der Waals surface area contributed by atoms with E-state index < -0.39 is 6.17 Å². The lowest BCUT2D eigenvalue weighted by Crippen LogP contribution is -2.47. The molecule has 2 N–H and O–H groups in total. The lowest BCUT2D eigenvalue weighted by molar-refractivity contribution is -0.110. The van der Waals surface area contributed by atoms with E-state index in [1.54, 1.807) is 7.11 Å². The third-order valence-electron chi connectivity index (χ3n) is 3.44. The first-order chi connectivity index (χ1) is 9.65. The number of nitrogens with one attached hydrogen (secondary N) is 2. The molecule has 0 aliphatic carbocycles. The van der Waals surface area contributed by atoms with Crippen molar-refractivity contribution in [2.24, 2.45) is 0 Å². The first-order valence-electron chi connectivity index (χ1n) is 6.28. The summed E-state index contributed by atoms with van der Waals surface area (Å²) in [5.74, 6) is 0. The molecular formula is C13H17N3O4. The molecule has 0 radical (unpaired) electrons. The second-order valence-corrected chi connectivity index (χ2v) is 4.72. The predicted molar refractivity (Wildman–Crippen MR) is 70.3 cm³/mol. The zero-order chi connectivity index (χ0) is 14.7. The van der Waals surface area contributed by atoms with Crippen LogP contribution in [0, 0.1) is 0 Å². The molecule has 2 aliphatic rings. The Balaban J connectivity index is 2.42. The van der Waals surface area contributed by atoms with Crippen LogP contribution in [0.5, 0.6) is 0 Å². The van der Waals surface area contributed by atoms with Crippen LogP contribution in [-0.4, -0.2) is 56.2 Å². The summed E-state index contributed by atoms with van der Waals surface area (Å²) in [6, 6.07) is -0.0183. The molecule has 20 heavy (non-hydrogen) atoms. The fourth-order valence-corrected chi connectivity index (χ4v) is 2.48. The van der Waals surface area contributed by atoms with Crippen LogP contribution >= 0.6 is 0 Å². The fraction of sp³-hybridized carbons (Fsp3) is 0.462. The van der Waals surface area contributed by atoms with Crippen LogP contribution in [-0.2, 0) is 19.1 Å². The van der Waals surface area contributed by atoms with Crippen molar-refractivity contribution >= 4 is 18.9 Å². The number of allylic oxidation sites excluding steroid dienone is 2. The summed E-state index contributed by atoms with van der Waals surface area (Å²) in [5.41, 5.74) is 2.02. The predicted octanol–water partition coefficient (Wildman–Crippen LogP) is -1.08. The molecule has 2 unspecified atom stereocenters. The van der Waals surface area contributed by atoms with E-state index in [9.17, 15) is 14.4 Å². The molecule has 0 spiro atoms. The SMILES string of the molecule is COCC(C)N1CC2=C(C=O)NC(C=O)NC2=C1C=O.